The van der Waals surface area contributed by atoms with E-state index in [1.54, 1.807) is 0 Å². The van der Waals surface area contributed by atoms with Crippen molar-refractivity contribution in [1.29, 1.82) is 0 Å². The molecule has 0 radical (unpaired) electrons. The lowest BCUT2D eigenvalue weighted by Crippen LogP contribution is -2.08. The van der Waals surface area contributed by atoms with Crippen molar-refractivity contribution < 1.29 is 0 Å². The Morgan fingerprint density at radius 3 is 2.78 bits per heavy atom. The molecule has 1 fully saturated rings. The van der Waals surface area contributed by atoms with Crippen LogP contribution in [-0.2, 0) is 0 Å². The first-order chi connectivity index (χ1) is 8.84. The number of pyridine rings is 1. The fraction of sp³-hybridized carbons (Fsp3) is 0.267. The molecule has 1 aliphatic heterocycles. The zero-order chi connectivity index (χ0) is 12.4. The van der Waals surface area contributed by atoms with Gasteiger partial charge in [0.25, 0.3) is 0 Å². The van der Waals surface area contributed by atoms with Gasteiger partial charge in [0.05, 0.1) is 0 Å². The second-order valence-corrected chi connectivity index (χ2v) is 5.03. The summed E-state index contributed by atoms with van der Waals surface area (Å²) < 4.78 is 0. The average molecular weight is 259 g/mol. The summed E-state index contributed by atoms with van der Waals surface area (Å²) in [6.07, 6.45) is 3.06. The van der Waals surface area contributed by atoms with Gasteiger partial charge in [0.1, 0.15) is 5.15 Å². The van der Waals surface area contributed by atoms with Crippen LogP contribution in [-0.4, -0.2) is 18.1 Å². The number of aromatic nitrogens is 1. The fourth-order valence-electron chi connectivity index (χ4n) is 2.57. The second kappa shape index (κ2) is 5.09. The third-order valence-electron chi connectivity index (χ3n) is 3.50. The van der Waals surface area contributed by atoms with Crippen LogP contribution in [0.1, 0.15) is 17.9 Å². The largest absolute Gasteiger partial charge is 0.316 e. The highest BCUT2D eigenvalue weighted by Gasteiger charge is 2.19. The Morgan fingerprint density at radius 1 is 1.17 bits per heavy atom. The predicted octanol–water partition coefficient (Wildman–Crippen LogP) is 3.48. The molecule has 2 aromatic rings. The Hall–Kier alpha value is -1.38. The van der Waals surface area contributed by atoms with Crippen LogP contribution in [0.25, 0.3) is 11.1 Å². The Kier molecular flexibility index (Phi) is 3.31. The molecule has 0 bridgehead atoms. The maximum absolute atomic E-state index is 5.84. The first kappa shape index (κ1) is 11.7. The van der Waals surface area contributed by atoms with E-state index in [2.05, 4.69) is 34.6 Å². The smallest absolute Gasteiger partial charge is 0.129 e. The van der Waals surface area contributed by atoms with Crippen LogP contribution in [0, 0.1) is 0 Å². The first-order valence-corrected chi connectivity index (χ1v) is 6.64. The monoisotopic (exact) mass is 258 g/mol. The maximum atomic E-state index is 5.84. The van der Waals surface area contributed by atoms with Gasteiger partial charge in [0.15, 0.2) is 0 Å². The van der Waals surface area contributed by atoms with Crippen LogP contribution in [0.15, 0.2) is 42.6 Å². The van der Waals surface area contributed by atoms with Crippen molar-refractivity contribution in [2.45, 2.75) is 12.3 Å². The summed E-state index contributed by atoms with van der Waals surface area (Å²) in [5.41, 5.74) is 3.82. The van der Waals surface area contributed by atoms with Gasteiger partial charge in [-0.2, -0.15) is 0 Å². The highest BCUT2D eigenvalue weighted by atomic mass is 35.5. The second-order valence-electron chi connectivity index (χ2n) is 4.65. The van der Waals surface area contributed by atoms with Crippen molar-refractivity contribution >= 4 is 11.6 Å². The molecule has 0 amide bonds. The number of hydrogen-bond acceptors (Lipinski definition) is 2. The third kappa shape index (κ3) is 2.26. The molecule has 3 heteroatoms. The molecule has 0 aliphatic carbocycles. The number of halogens is 1. The van der Waals surface area contributed by atoms with Crippen molar-refractivity contribution in [2.24, 2.45) is 0 Å². The number of nitrogens with zero attached hydrogens (tertiary/aromatic N) is 1. The number of nitrogens with one attached hydrogen (secondary N) is 1. The van der Waals surface area contributed by atoms with Crippen LogP contribution in [0.2, 0.25) is 5.15 Å². The summed E-state index contributed by atoms with van der Waals surface area (Å²) in [5, 5.41) is 3.96. The van der Waals surface area contributed by atoms with Crippen LogP contribution in [0.3, 0.4) is 0 Å². The summed E-state index contributed by atoms with van der Waals surface area (Å²) in [4.78, 5) is 4.17. The topological polar surface area (TPSA) is 24.9 Å². The lowest BCUT2D eigenvalue weighted by molar-refractivity contribution is 0.765. The van der Waals surface area contributed by atoms with E-state index in [0.717, 1.165) is 18.7 Å². The highest BCUT2D eigenvalue weighted by Crippen LogP contribution is 2.32. The minimum atomic E-state index is 0.541. The van der Waals surface area contributed by atoms with Gasteiger partial charge in [-0.3, -0.25) is 0 Å². The lowest BCUT2D eigenvalue weighted by atomic mass is 9.90. The van der Waals surface area contributed by atoms with Crippen molar-refractivity contribution in [2.75, 3.05) is 13.1 Å². The molecular formula is C15H15ClN2. The van der Waals surface area contributed by atoms with E-state index in [1.807, 2.05) is 18.3 Å². The third-order valence-corrected chi connectivity index (χ3v) is 3.72. The fourth-order valence-corrected chi connectivity index (χ4v) is 2.68. The summed E-state index contributed by atoms with van der Waals surface area (Å²) >= 11 is 5.84. The molecule has 1 unspecified atom stereocenters. The quantitative estimate of drug-likeness (QED) is 0.835. The molecule has 92 valence electrons. The molecular weight excluding hydrogens is 244 g/mol. The summed E-state index contributed by atoms with van der Waals surface area (Å²) in [6.45, 7) is 2.18. The van der Waals surface area contributed by atoms with Crippen LogP contribution in [0.4, 0.5) is 0 Å². The maximum Gasteiger partial charge on any atom is 0.129 e. The van der Waals surface area contributed by atoms with E-state index in [0.29, 0.717) is 11.1 Å². The molecule has 3 rings (SSSR count). The number of rotatable bonds is 2. The van der Waals surface area contributed by atoms with Gasteiger partial charge in [-0.15, -0.1) is 0 Å². The van der Waals surface area contributed by atoms with E-state index in [-0.39, 0.29) is 0 Å². The number of benzene rings is 1. The molecule has 0 spiro atoms. The predicted molar refractivity (Wildman–Crippen MR) is 74.9 cm³/mol. The minimum absolute atomic E-state index is 0.541. The SMILES string of the molecule is Clc1ccc(-c2ccccc2C2CCNC2)cn1. The van der Waals surface area contributed by atoms with E-state index in [1.165, 1.54) is 17.5 Å². The van der Waals surface area contributed by atoms with Crippen molar-refractivity contribution in [3.8, 4) is 11.1 Å². The lowest BCUT2D eigenvalue weighted by Gasteiger charge is -2.14. The van der Waals surface area contributed by atoms with Gasteiger partial charge in [0, 0.05) is 18.3 Å². The molecule has 1 aromatic heterocycles. The molecule has 2 heterocycles. The van der Waals surface area contributed by atoms with Crippen LogP contribution in [0.5, 0.6) is 0 Å². The van der Waals surface area contributed by atoms with Crippen molar-refractivity contribution in [3.05, 3.63) is 53.3 Å². The first-order valence-electron chi connectivity index (χ1n) is 6.26. The van der Waals surface area contributed by atoms with Crippen LogP contribution >= 0.6 is 11.6 Å². The van der Waals surface area contributed by atoms with Gasteiger partial charge < -0.3 is 5.32 Å². The molecule has 1 aromatic carbocycles. The minimum Gasteiger partial charge on any atom is -0.316 e. The molecule has 1 aliphatic rings. The van der Waals surface area contributed by atoms with Crippen LogP contribution < -0.4 is 5.32 Å². The van der Waals surface area contributed by atoms with Crippen molar-refractivity contribution in [3.63, 3.8) is 0 Å². The molecule has 1 atom stereocenters. The molecule has 1 N–H and O–H groups in total. The van der Waals surface area contributed by atoms with Gasteiger partial charge in [0.2, 0.25) is 0 Å². The van der Waals surface area contributed by atoms with Gasteiger partial charge in [-0.1, -0.05) is 35.9 Å². The van der Waals surface area contributed by atoms with E-state index >= 15 is 0 Å². The summed E-state index contributed by atoms with van der Waals surface area (Å²) in [5.74, 6) is 0.608. The van der Waals surface area contributed by atoms with Gasteiger partial charge in [-0.05, 0) is 42.1 Å². The Morgan fingerprint density at radius 2 is 2.06 bits per heavy atom. The van der Waals surface area contributed by atoms with Crippen molar-refractivity contribution in [1.82, 2.24) is 10.3 Å². The average Bonchev–Trinajstić information content (AvgIpc) is 2.93. The molecule has 2 nitrogen and oxygen atoms in total. The normalized spacial score (nSPS) is 19.1. The van der Waals surface area contributed by atoms with E-state index in [4.69, 9.17) is 11.6 Å². The zero-order valence-corrected chi connectivity index (χ0v) is 10.8. The molecule has 18 heavy (non-hydrogen) atoms. The number of hydrogen-bond donors (Lipinski definition) is 1. The summed E-state index contributed by atoms with van der Waals surface area (Å²) in [6, 6.07) is 12.5. The highest BCUT2D eigenvalue weighted by molar-refractivity contribution is 6.29. The zero-order valence-electron chi connectivity index (χ0n) is 10.1. The molecule has 0 saturated carbocycles. The summed E-state index contributed by atoms with van der Waals surface area (Å²) in [7, 11) is 0. The standard InChI is InChI=1S/C15H15ClN2/c16-15-6-5-11(10-18-15)13-3-1-2-4-14(13)12-7-8-17-9-12/h1-6,10,12,17H,7-9H2. The van der Waals surface area contributed by atoms with Gasteiger partial charge in [-0.25, -0.2) is 4.98 Å². The van der Waals surface area contributed by atoms with E-state index in [9.17, 15) is 0 Å². The molecule has 1 saturated heterocycles. The Bertz CT molecular complexity index is 530. The Balaban J connectivity index is 2.03. The van der Waals surface area contributed by atoms with E-state index < -0.39 is 0 Å². The van der Waals surface area contributed by atoms with Gasteiger partial charge >= 0.3 is 0 Å². The Labute approximate surface area is 112 Å².